The van der Waals surface area contributed by atoms with Gasteiger partial charge in [-0.05, 0) is 37.4 Å². The molecule has 2 rings (SSSR count). The zero-order chi connectivity index (χ0) is 13.8. The number of hydrogen-bond donors (Lipinski definition) is 1. The molecular weight excluding hydrogens is 240 g/mol. The van der Waals surface area contributed by atoms with E-state index < -0.39 is 5.97 Å². The minimum absolute atomic E-state index is 0.179. The molecule has 104 valence electrons. The minimum Gasteiger partial charge on any atom is -0.477 e. The zero-order valence-corrected chi connectivity index (χ0v) is 11.7. The average molecular weight is 262 g/mol. The summed E-state index contributed by atoms with van der Waals surface area (Å²) < 4.78 is 0. The van der Waals surface area contributed by atoms with Crippen LogP contribution >= 0.6 is 0 Å². The van der Waals surface area contributed by atoms with Crippen molar-refractivity contribution >= 4 is 5.97 Å². The lowest BCUT2D eigenvalue weighted by molar-refractivity contribution is 0.0686. The Labute approximate surface area is 114 Å². The molecule has 1 aliphatic carbocycles. The summed E-state index contributed by atoms with van der Waals surface area (Å²) in [4.78, 5) is 17.4. The van der Waals surface area contributed by atoms with Gasteiger partial charge in [-0.15, -0.1) is 0 Å². The van der Waals surface area contributed by atoms with E-state index in [-0.39, 0.29) is 5.69 Å². The second-order valence-electron chi connectivity index (χ2n) is 5.66. The molecule has 1 aromatic heterocycles. The minimum atomic E-state index is -0.944. The van der Waals surface area contributed by atoms with Gasteiger partial charge in [0, 0.05) is 18.8 Å². The van der Waals surface area contributed by atoms with Crippen LogP contribution in [-0.4, -0.2) is 34.0 Å². The van der Waals surface area contributed by atoms with E-state index in [2.05, 4.69) is 23.9 Å². The number of aromatic nitrogens is 1. The molecule has 2 atom stereocenters. The van der Waals surface area contributed by atoms with Crippen molar-refractivity contribution in [2.75, 3.05) is 7.05 Å². The number of hydrogen-bond acceptors (Lipinski definition) is 3. The first-order valence-corrected chi connectivity index (χ1v) is 6.95. The summed E-state index contributed by atoms with van der Waals surface area (Å²) in [6.07, 6.45) is 6.55. The van der Waals surface area contributed by atoms with Crippen LogP contribution in [0, 0.1) is 5.92 Å². The highest BCUT2D eigenvalue weighted by molar-refractivity contribution is 5.86. The fourth-order valence-corrected chi connectivity index (χ4v) is 2.96. The Bertz CT molecular complexity index is 448. The molecule has 4 nitrogen and oxygen atoms in total. The van der Waals surface area contributed by atoms with Gasteiger partial charge in [-0.25, -0.2) is 9.78 Å². The molecule has 1 heterocycles. The highest BCUT2D eigenvalue weighted by Crippen LogP contribution is 2.27. The highest BCUT2D eigenvalue weighted by Gasteiger charge is 2.23. The Balaban J connectivity index is 2.06. The fraction of sp³-hybridized carbons (Fsp3) is 0.600. The third-order valence-electron chi connectivity index (χ3n) is 4.05. The maximum absolute atomic E-state index is 11.2. The number of carbonyl (C=O) groups is 1. The number of carboxylic acids is 1. The van der Waals surface area contributed by atoms with Crippen molar-refractivity contribution in [2.45, 2.75) is 45.2 Å². The van der Waals surface area contributed by atoms with Crippen LogP contribution in [0.15, 0.2) is 18.3 Å². The van der Waals surface area contributed by atoms with Crippen molar-refractivity contribution in [2.24, 2.45) is 5.92 Å². The van der Waals surface area contributed by atoms with E-state index >= 15 is 0 Å². The molecule has 0 bridgehead atoms. The lowest BCUT2D eigenvalue weighted by Crippen LogP contribution is -2.35. The second-order valence-corrected chi connectivity index (χ2v) is 5.66. The van der Waals surface area contributed by atoms with Crippen LogP contribution in [0.3, 0.4) is 0 Å². The van der Waals surface area contributed by atoms with E-state index in [9.17, 15) is 4.79 Å². The van der Waals surface area contributed by atoms with Crippen LogP contribution in [-0.2, 0) is 6.54 Å². The molecule has 0 saturated heterocycles. The summed E-state index contributed by atoms with van der Waals surface area (Å²) in [6.45, 7) is 2.96. The molecule has 0 spiro atoms. The normalized spacial score (nSPS) is 23.5. The van der Waals surface area contributed by atoms with Crippen molar-refractivity contribution in [3.05, 3.63) is 29.6 Å². The third-order valence-corrected chi connectivity index (χ3v) is 4.05. The van der Waals surface area contributed by atoms with Gasteiger partial charge in [-0.1, -0.05) is 25.8 Å². The predicted molar refractivity (Wildman–Crippen MR) is 74.1 cm³/mol. The van der Waals surface area contributed by atoms with Crippen LogP contribution in [0.25, 0.3) is 0 Å². The molecule has 0 radical (unpaired) electrons. The number of aromatic carboxylic acids is 1. The second kappa shape index (κ2) is 6.15. The number of rotatable bonds is 4. The molecule has 1 N–H and O–H groups in total. The average Bonchev–Trinajstić information content (AvgIpc) is 2.39. The van der Waals surface area contributed by atoms with Gasteiger partial charge in [0.1, 0.15) is 0 Å². The third kappa shape index (κ3) is 3.53. The Hall–Kier alpha value is -1.42. The van der Waals surface area contributed by atoms with Gasteiger partial charge in [-0.3, -0.25) is 4.90 Å². The Morgan fingerprint density at radius 2 is 2.32 bits per heavy atom. The summed E-state index contributed by atoms with van der Waals surface area (Å²) >= 11 is 0. The fourth-order valence-electron chi connectivity index (χ4n) is 2.96. The van der Waals surface area contributed by atoms with Gasteiger partial charge in [-0.2, -0.15) is 0 Å². The highest BCUT2D eigenvalue weighted by atomic mass is 16.4. The van der Waals surface area contributed by atoms with Crippen LogP contribution in [0.4, 0.5) is 0 Å². The Morgan fingerprint density at radius 3 is 3.00 bits per heavy atom. The lowest BCUT2D eigenvalue weighted by atomic mass is 9.86. The van der Waals surface area contributed by atoms with E-state index in [1.165, 1.54) is 31.9 Å². The smallest absolute Gasteiger partial charge is 0.354 e. The molecular formula is C15H22N2O2. The molecule has 0 aromatic carbocycles. The molecule has 1 aromatic rings. The zero-order valence-electron chi connectivity index (χ0n) is 11.7. The van der Waals surface area contributed by atoms with E-state index in [1.54, 1.807) is 6.07 Å². The largest absolute Gasteiger partial charge is 0.477 e. The SMILES string of the molecule is CC1CCCC(N(C)Cc2cccnc2C(=O)O)C1. The molecule has 0 amide bonds. The summed E-state index contributed by atoms with van der Waals surface area (Å²) in [5.74, 6) is -0.171. The number of carboxylic acid groups (broad SMARTS) is 1. The van der Waals surface area contributed by atoms with Gasteiger partial charge in [0.2, 0.25) is 0 Å². The van der Waals surface area contributed by atoms with Gasteiger partial charge < -0.3 is 5.11 Å². The van der Waals surface area contributed by atoms with Gasteiger partial charge >= 0.3 is 5.97 Å². The van der Waals surface area contributed by atoms with Crippen LogP contribution in [0.1, 0.15) is 48.7 Å². The Kier molecular flexibility index (Phi) is 4.53. The van der Waals surface area contributed by atoms with Crippen molar-refractivity contribution < 1.29 is 9.90 Å². The Morgan fingerprint density at radius 1 is 1.53 bits per heavy atom. The van der Waals surface area contributed by atoms with Gasteiger partial charge in [0.25, 0.3) is 0 Å². The lowest BCUT2D eigenvalue weighted by Gasteiger charge is -2.34. The quantitative estimate of drug-likeness (QED) is 0.906. The van der Waals surface area contributed by atoms with Gasteiger partial charge in [0.05, 0.1) is 0 Å². The van der Waals surface area contributed by atoms with Crippen molar-refractivity contribution in [3.63, 3.8) is 0 Å². The molecule has 2 unspecified atom stereocenters. The molecule has 1 aliphatic rings. The van der Waals surface area contributed by atoms with E-state index in [0.717, 1.165) is 11.5 Å². The monoisotopic (exact) mass is 262 g/mol. The van der Waals surface area contributed by atoms with Crippen molar-refractivity contribution in [1.29, 1.82) is 0 Å². The first kappa shape index (κ1) is 14.0. The van der Waals surface area contributed by atoms with Crippen LogP contribution < -0.4 is 0 Å². The van der Waals surface area contributed by atoms with Crippen LogP contribution in [0.2, 0.25) is 0 Å². The molecule has 1 saturated carbocycles. The van der Waals surface area contributed by atoms with Crippen molar-refractivity contribution in [3.8, 4) is 0 Å². The summed E-state index contributed by atoms with van der Waals surface area (Å²) in [7, 11) is 2.08. The summed E-state index contributed by atoms with van der Waals surface area (Å²) in [5, 5.41) is 9.15. The molecule has 19 heavy (non-hydrogen) atoms. The standard InChI is InChI=1S/C15H22N2O2/c1-11-5-3-7-13(9-11)17(2)10-12-6-4-8-16-14(12)15(18)19/h4,6,8,11,13H,3,5,7,9-10H2,1-2H3,(H,18,19). The predicted octanol–water partition coefficient (Wildman–Crippen LogP) is 2.79. The molecule has 4 heteroatoms. The number of nitrogens with zero attached hydrogens (tertiary/aromatic N) is 2. The maximum atomic E-state index is 11.2. The first-order chi connectivity index (χ1) is 9.08. The van der Waals surface area contributed by atoms with E-state index in [1.807, 2.05) is 6.07 Å². The maximum Gasteiger partial charge on any atom is 0.354 e. The van der Waals surface area contributed by atoms with Crippen LogP contribution in [0.5, 0.6) is 0 Å². The van der Waals surface area contributed by atoms with E-state index in [0.29, 0.717) is 12.6 Å². The molecule has 1 fully saturated rings. The number of pyridine rings is 1. The topological polar surface area (TPSA) is 53.4 Å². The first-order valence-electron chi connectivity index (χ1n) is 6.95. The van der Waals surface area contributed by atoms with Crippen molar-refractivity contribution in [1.82, 2.24) is 9.88 Å². The van der Waals surface area contributed by atoms with E-state index in [4.69, 9.17) is 5.11 Å². The summed E-state index contributed by atoms with van der Waals surface area (Å²) in [6, 6.07) is 4.23. The summed E-state index contributed by atoms with van der Waals surface area (Å²) in [5.41, 5.74) is 0.980. The molecule has 0 aliphatic heterocycles. The van der Waals surface area contributed by atoms with Gasteiger partial charge in [0.15, 0.2) is 5.69 Å².